The van der Waals surface area contributed by atoms with Crippen LogP contribution < -0.4 is 5.32 Å². The Balaban J connectivity index is 2.90. The minimum Gasteiger partial charge on any atom is -0.314 e. The van der Waals surface area contributed by atoms with Gasteiger partial charge in [-0.2, -0.15) is 0 Å². The Labute approximate surface area is 109 Å². The molecule has 0 aliphatic heterocycles. The van der Waals surface area contributed by atoms with Gasteiger partial charge in [0, 0.05) is 17.7 Å². The predicted octanol–water partition coefficient (Wildman–Crippen LogP) is 3.22. The molecular formula is C14H22N2O2. The number of nitro groups is 1. The molecule has 1 unspecified atom stereocenters. The van der Waals surface area contributed by atoms with Crippen LogP contribution in [0.25, 0.3) is 0 Å². The lowest BCUT2D eigenvalue weighted by atomic mass is 9.98. The zero-order chi connectivity index (χ0) is 13.5. The van der Waals surface area contributed by atoms with E-state index in [1.807, 2.05) is 13.0 Å². The average molecular weight is 250 g/mol. The molecule has 4 nitrogen and oxygen atoms in total. The summed E-state index contributed by atoms with van der Waals surface area (Å²) in [6.45, 7) is 7.13. The highest BCUT2D eigenvalue weighted by molar-refractivity contribution is 5.45. The molecule has 0 aromatic heterocycles. The lowest BCUT2D eigenvalue weighted by Crippen LogP contribution is -2.31. The molecule has 0 bridgehead atoms. The van der Waals surface area contributed by atoms with E-state index in [1.54, 1.807) is 12.1 Å². The van der Waals surface area contributed by atoms with Crippen LogP contribution >= 0.6 is 0 Å². The molecule has 0 spiro atoms. The van der Waals surface area contributed by atoms with E-state index in [-0.39, 0.29) is 10.6 Å². The first-order valence-corrected chi connectivity index (χ1v) is 6.56. The molecule has 100 valence electrons. The number of benzene rings is 1. The van der Waals surface area contributed by atoms with Crippen molar-refractivity contribution in [1.82, 2.24) is 5.32 Å². The van der Waals surface area contributed by atoms with Crippen molar-refractivity contribution in [3.8, 4) is 0 Å². The minimum absolute atomic E-state index is 0.242. The summed E-state index contributed by atoms with van der Waals surface area (Å²) in [7, 11) is 0. The van der Waals surface area contributed by atoms with Crippen LogP contribution in [-0.2, 0) is 6.42 Å². The fourth-order valence-corrected chi connectivity index (χ4v) is 2.08. The highest BCUT2D eigenvalue weighted by Gasteiger charge is 2.18. The van der Waals surface area contributed by atoms with E-state index in [4.69, 9.17) is 0 Å². The third-order valence-electron chi connectivity index (χ3n) is 3.21. The number of nitrogens with one attached hydrogen (secondary N) is 1. The molecule has 0 saturated carbocycles. The molecule has 0 heterocycles. The van der Waals surface area contributed by atoms with Gasteiger partial charge in [0.1, 0.15) is 0 Å². The Morgan fingerprint density at radius 2 is 2.11 bits per heavy atom. The van der Waals surface area contributed by atoms with Crippen molar-refractivity contribution in [3.63, 3.8) is 0 Å². The molecule has 1 atom stereocenters. The van der Waals surface area contributed by atoms with Crippen LogP contribution in [-0.4, -0.2) is 17.5 Å². The first-order chi connectivity index (χ1) is 8.60. The van der Waals surface area contributed by atoms with Crippen LogP contribution in [0.2, 0.25) is 0 Å². The molecule has 0 radical (unpaired) electrons. The Kier molecular flexibility index (Phi) is 5.78. The van der Waals surface area contributed by atoms with Gasteiger partial charge < -0.3 is 5.32 Å². The van der Waals surface area contributed by atoms with Crippen LogP contribution in [0.5, 0.6) is 0 Å². The molecule has 0 amide bonds. The third kappa shape index (κ3) is 3.81. The first kappa shape index (κ1) is 14.6. The fraction of sp³-hybridized carbons (Fsp3) is 0.571. The summed E-state index contributed by atoms with van der Waals surface area (Å²) in [6, 6.07) is 5.59. The second-order valence-electron chi connectivity index (χ2n) is 4.59. The van der Waals surface area contributed by atoms with Gasteiger partial charge in [-0.3, -0.25) is 10.1 Å². The van der Waals surface area contributed by atoms with Gasteiger partial charge in [0.15, 0.2) is 0 Å². The summed E-state index contributed by atoms with van der Waals surface area (Å²) in [6.07, 6.45) is 2.78. The van der Waals surface area contributed by atoms with Crippen molar-refractivity contribution in [2.75, 3.05) is 6.54 Å². The van der Waals surface area contributed by atoms with Crippen molar-refractivity contribution < 1.29 is 4.92 Å². The Morgan fingerprint density at radius 3 is 2.67 bits per heavy atom. The van der Waals surface area contributed by atoms with Crippen LogP contribution in [0.15, 0.2) is 18.2 Å². The van der Waals surface area contributed by atoms with Gasteiger partial charge >= 0.3 is 0 Å². The topological polar surface area (TPSA) is 55.2 Å². The van der Waals surface area contributed by atoms with E-state index < -0.39 is 0 Å². The minimum atomic E-state index is -0.283. The van der Waals surface area contributed by atoms with E-state index in [9.17, 15) is 10.1 Å². The lowest BCUT2D eigenvalue weighted by Gasteiger charge is -2.17. The molecule has 1 rings (SSSR count). The molecule has 4 heteroatoms. The van der Waals surface area contributed by atoms with Crippen LogP contribution in [0.4, 0.5) is 5.69 Å². The number of hydrogen-bond donors (Lipinski definition) is 1. The molecule has 1 N–H and O–H groups in total. The lowest BCUT2D eigenvalue weighted by molar-refractivity contribution is -0.385. The first-order valence-electron chi connectivity index (χ1n) is 6.56. The molecule has 0 saturated heterocycles. The van der Waals surface area contributed by atoms with E-state index in [1.165, 1.54) is 0 Å². The Bertz CT molecular complexity index is 405. The van der Waals surface area contributed by atoms with Gasteiger partial charge in [-0.25, -0.2) is 0 Å². The zero-order valence-corrected chi connectivity index (χ0v) is 11.4. The maximum atomic E-state index is 11.0. The third-order valence-corrected chi connectivity index (χ3v) is 3.21. The quantitative estimate of drug-likeness (QED) is 0.597. The van der Waals surface area contributed by atoms with E-state index in [2.05, 4.69) is 19.2 Å². The Morgan fingerprint density at radius 1 is 1.39 bits per heavy atom. The molecule has 18 heavy (non-hydrogen) atoms. The number of aryl methyl sites for hydroxylation is 1. The molecule has 1 aromatic carbocycles. The SMILES string of the molecule is CCCNC(CC)Cc1c(C)cccc1[N+](=O)[O-]. The maximum Gasteiger partial charge on any atom is 0.272 e. The second kappa shape index (κ2) is 7.11. The molecular weight excluding hydrogens is 228 g/mol. The van der Waals surface area contributed by atoms with E-state index >= 15 is 0 Å². The summed E-state index contributed by atoms with van der Waals surface area (Å²) in [5.41, 5.74) is 2.10. The average Bonchev–Trinajstić information content (AvgIpc) is 2.35. The van der Waals surface area contributed by atoms with Crippen LogP contribution in [0.3, 0.4) is 0 Å². The second-order valence-corrected chi connectivity index (χ2v) is 4.59. The van der Waals surface area contributed by atoms with Crippen LogP contribution in [0.1, 0.15) is 37.8 Å². The highest BCUT2D eigenvalue weighted by Crippen LogP contribution is 2.23. The Hall–Kier alpha value is -1.42. The summed E-state index contributed by atoms with van der Waals surface area (Å²) in [5, 5.41) is 14.5. The summed E-state index contributed by atoms with van der Waals surface area (Å²) in [5.74, 6) is 0. The summed E-state index contributed by atoms with van der Waals surface area (Å²) >= 11 is 0. The number of nitro benzene ring substituents is 1. The van der Waals surface area contributed by atoms with Gasteiger partial charge in [0.05, 0.1) is 4.92 Å². The molecule has 0 aliphatic rings. The van der Waals surface area contributed by atoms with Gasteiger partial charge in [0.25, 0.3) is 5.69 Å². The van der Waals surface area contributed by atoms with E-state index in [0.29, 0.717) is 6.04 Å². The van der Waals surface area contributed by atoms with Gasteiger partial charge in [-0.05, 0) is 38.3 Å². The highest BCUT2D eigenvalue weighted by atomic mass is 16.6. The van der Waals surface area contributed by atoms with E-state index in [0.717, 1.165) is 36.9 Å². The van der Waals surface area contributed by atoms with Crippen LogP contribution in [0, 0.1) is 17.0 Å². The maximum absolute atomic E-state index is 11.0. The molecule has 0 aliphatic carbocycles. The number of hydrogen-bond acceptors (Lipinski definition) is 3. The number of nitrogens with zero attached hydrogens (tertiary/aromatic N) is 1. The number of rotatable bonds is 7. The largest absolute Gasteiger partial charge is 0.314 e. The molecule has 0 fully saturated rings. The smallest absolute Gasteiger partial charge is 0.272 e. The van der Waals surface area contributed by atoms with Crippen molar-refractivity contribution in [2.45, 2.75) is 46.1 Å². The normalized spacial score (nSPS) is 12.4. The van der Waals surface area contributed by atoms with Gasteiger partial charge in [-0.15, -0.1) is 0 Å². The van der Waals surface area contributed by atoms with Gasteiger partial charge in [0.2, 0.25) is 0 Å². The summed E-state index contributed by atoms with van der Waals surface area (Å²) < 4.78 is 0. The van der Waals surface area contributed by atoms with Crippen molar-refractivity contribution >= 4 is 5.69 Å². The molecule has 1 aromatic rings. The fourth-order valence-electron chi connectivity index (χ4n) is 2.08. The standard InChI is InChI=1S/C14H22N2O2/c1-4-9-15-12(5-2)10-13-11(3)7-6-8-14(13)16(17)18/h6-8,12,15H,4-5,9-10H2,1-3H3. The summed E-state index contributed by atoms with van der Waals surface area (Å²) in [4.78, 5) is 10.8. The monoisotopic (exact) mass is 250 g/mol. The zero-order valence-electron chi connectivity index (χ0n) is 11.4. The van der Waals surface area contributed by atoms with Gasteiger partial charge in [-0.1, -0.05) is 26.0 Å². The van der Waals surface area contributed by atoms with Crippen molar-refractivity contribution in [2.24, 2.45) is 0 Å². The van der Waals surface area contributed by atoms with Crippen molar-refractivity contribution in [1.29, 1.82) is 0 Å². The predicted molar refractivity (Wildman–Crippen MR) is 73.9 cm³/mol. The van der Waals surface area contributed by atoms with Crippen molar-refractivity contribution in [3.05, 3.63) is 39.4 Å².